The van der Waals surface area contributed by atoms with E-state index in [-0.39, 0.29) is 23.1 Å². The third kappa shape index (κ3) is 4.75. The van der Waals surface area contributed by atoms with Gasteiger partial charge >= 0.3 is 5.76 Å². The van der Waals surface area contributed by atoms with E-state index >= 15 is 0 Å². The number of phenolic OH excluding ortho intramolecular Hbond substituents is 2. The Kier molecular flexibility index (Phi) is 5.54. The molecule has 3 rings (SSSR count). The molecule has 160 valence electrons. The predicted molar refractivity (Wildman–Crippen MR) is 116 cm³/mol. The minimum absolute atomic E-state index is 0.183. The van der Waals surface area contributed by atoms with Crippen LogP contribution >= 0.6 is 0 Å². The monoisotopic (exact) mass is 410 g/mol. The van der Waals surface area contributed by atoms with Crippen molar-refractivity contribution in [2.24, 2.45) is 0 Å². The van der Waals surface area contributed by atoms with Gasteiger partial charge in [0.15, 0.2) is 0 Å². The van der Waals surface area contributed by atoms with Crippen LogP contribution in [0.25, 0.3) is 0 Å². The van der Waals surface area contributed by atoms with Gasteiger partial charge < -0.3 is 14.6 Å². The zero-order chi connectivity index (χ0) is 22.3. The van der Waals surface area contributed by atoms with Crippen molar-refractivity contribution < 1.29 is 14.6 Å². The van der Waals surface area contributed by atoms with Gasteiger partial charge in [-0.2, -0.15) is 4.68 Å². The molecule has 1 aromatic heterocycles. The minimum atomic E-state index is -0.522. The fourth-order valence-corrected chi connectivity index (χ4v) is 3.41. The van der Waals surface area contributed by atoms with Crippen LogP contribution in [0, 0.1) is 0 Å². The number of phenols is 2. The summed E-state index contributed by atoms with van der Waals surface area (Å²) in [6.07, 6.45) is 0.360. The molecule has 6 heteroatoms. The number of benzene rings is 2. The van der Waals surface area contributed by atoms with Crippen molar-refractivity contribution in [3.8, 4) is 11.5 Å². The molecule has 0 saturated heterocycles. The molecule has 0 unspecified atom stereocenters. The van der Waals surface area contributed by atoms with Crippen molar-refractivity contribution in [3.05, 3.63) is 75.1 Å². The SMILES string of the molecule is CC(C)(C)c1cc(Cn2nc(Cc3ccc(O)cc3)oc2=O)cc(C(C)(C)C)c1O. The first kappa shape index (κ1) is 21.7. The quantitative estimate of drug-likeness (QED) is 0.662. The summed E-state index contributed by atoms with van der Waals surface area (Å²) in [6, 6.07) is 10.6. The molecule has 0 saturated carbocycles. The van der Waals surface area contributed by atoms with E-state index in [9.17, 15) is 15.0 Å². The van der Waals surface area contributed by atoms with E-state index in [1.165, 1.54) is 4.68 Å². The van der Waals surface area contributed by atoms with Gasteiger partial charge in [-0.25, -0.2) is 4.79 Å². The van der Waals surface area contributed by atoms with E-state index in [2.05, 4.69) is 46.6 Å². The summed E-state index contributed by atoms with van der Waals surface area (Å²) in [4.78, 5) is 12.4. The molecule has 0 atom stereocenters. The van der Waals surface area contributed by atoms with Crippen LogP contribution in [0.5, 0.6) is 11.5 Å². The number of rotatable bonds is 4. The topological polar surface area (TPSA) is 88.5 Å². The van der Waals surface area contributed by atoms with Crippen LogP contribution in [-0.2, 0) is 23.8 Å². The Labute approximate surface area is 176 Å². The van der Waals surface area contributed by atoms with E-state index < -0.39 is 5.76 Å². The Bertz CT molecular complexity index is 1060. The molecule has 0 radical (unpaired) electrons. The molecule has 30 heavy (non-hydrogen) atoms. The Balaban J connectivity index is 1.95. The lowest BCUT2D eigenvalue weighted by atomic mass is 9.78. The average Bonchev–Trinajstić information content (AvgIpc) is 2.95. The Hall–Kier alpha value is -3.02. The predicted octanol–water partition coefficient (Wildman–Crippen LogP) is 4.48. The maximum Gasteiger partial charge on any atom is 0.437 e. The van der Waals surface area contributed by atoms with Crippen LogP contribution in [0.1, 0.15) is 69.7 Å². The summed E-state index contributed by atoms with van der Waals surface area (Å²) in [5, 5.41) is 24.6. The van der Waals surface area contributed by atoms with Crippen molar-refractivity contribution in [2.75, 3.05) is 0 Å². The second kappa shape index (κ2) is 7.67. The largest absolute Gasteiger partial charge is 0.508 e. The number of nitrogens with zero attached hydrogens (tertiary/aromatic N) is 2. The zero-order valence-electron chi connectivity index (χ0n) is 18.5. The first-order valence-corrected chi connectivity index (χ1v) is 10.1. The van der Waals surface area contributed by atoms with E-state index in [0.717, 1.165) is 22.3 Å². The van der Waals surface area contributed by atoms with Crippen LogP contribution < -0.4 is 5.76 Å². The summed E-state index contributed by atoms with van der Waals surface area (Å²) >= 11 is 0. The molecule has 0 aliphatic rings. The first-order chi connectivity index (χ1) is 13.8. The fourth-order valence-electron chi connectivity index (χ4n) is 3.41. The molecule has 2 aromatic carbocycles. The van der Waals surface area contributed by atoms with Crippen LogP contribution in [0.2, 0.25) is 0 Å². The van der Waals surface area contributed by atoms with E-state index in [1.807, 2.05) is 12.1 Å². The molecule has 0 bridgehead atoms. The Morgan fingerprint density at radius 3 is 1.93 bits per heavy atom. The molecular weight excluding hydrogens is 380 g/mol. The van der Waals surface area contributed by atoms with E-state index in [1.54, 1.807) is 24.3 Å². The molecule has 0 aliphatic carbocycles. The van der Waals surface area contributed by atoms with Gasteiger partial charge in [0, 0.05) is 0 Å². The van der Waals surface area contributed by atoms with Crippen LogP contribution in [0.15, 0.2) is 45.6 Å². The zero-order valence-corrected chi connectivity index (χ0v) is 18.5. The van der Waals surface area contributed by atoms with Gasteiger partial charge in [-0.1, -0.05) is 53.7 Å². The Morgan fingerprint density at radius 1 is 0.900 bits per heavy atom. The highest BCUT2D eigenvalue weighted by molar-refractivity contribution is 5.49. The third-order valence-corrected chi connectivity index (χ3v) is 5.06. The number of aromatic nitrogens is 2. The van der Waals surface area contributed by atoms with Gasteiger partial charge in [-0.3, -0.25) is 0 Å². The lowest BCUT2D eigenvalue weighted by Gasteiger charge is -2.28. The van der Waals surface area contributed by atoms with Crippen molar-refractivity contribution in [3.63, 3.8) is 0 Å². The van der Waals surface area contributed by atoms with Gasteiger partial charge in [-0.15, -0.1) is 5.10 Å². The van der Waals surface area contributed by atoms with E-state index in [0.29, 0.717) is 18.1 Å². The van der Waals surface area contributed by atoms with Crippen LogP contribution in [0.3, 0.4) is 0 Å². The molecule has 0 amide bonds. The average molecular weight is 411 g/mol. The van der Waals surface area contributed by atoms with Gasteiger partial charge in [0.25, 0.3) is 0 Å². The molecule has 0 spiro atoms. The van der Waals surface area contributed by atoms with Gasteiger partial charge in [0.05, 0.1) is 13.0 Å². The summed E-state index contributed by atoms with van der Waals surface area (Å²) in [6.45, 7) is 12.6. The molecule has 3 aromatic rings. The highest BCUT2D eigenvalue weighted by atomic mass is 16.4. The molecule has 0 aliphatic heterocycles. The standard InChI is InChI=1S/C24H30N2O4/c1-23(2,3)18-11-16(12-19(21(18)28)24(4,5)6)14-26-22(29)30-20(25-26)13-15-7-9-17(27)10-8-15/h7-12,27-28H,13-14H2,1-6H3. The summed E-state index contributed by atoms with van der Waals surface area (Å²) in [5.41, 5.74) is 2.94. The van der Waals surface area contributed by atoms with Crippen molar-refractivity contribution >= 4 is 0 Å². The first-order valence-electron chi connectivity index (χ1n) is 10.1. The second-order valence-electron chi connectivity index (χ2n) is 9.80. The maximum absolute atomic E-state index is 12.4. The minimum Gasteiger partial charge on any atom is -0.508 e. The lowest BCUT2D eigenvalue weighted by Crippen LogP contribution is -2.20. The van der Waals surface area contributed by atoms with Crippen molar-refractivity contribution in [1.29, 1.82) is 0 Å². The summed E-state index contributed by atoms with van der Waals surface area (Å²) in [5.74, 6) is 0.282. The molecule has 0 fully saturated rings. The van der Waals surface area contributed by atoms with Gasteiger partial charge in [0.2, 0.25) is 5.89 Å². The van der Waals surface area contributed by atoms with Crippen LogP contribution in [0.4, 0.5) is 0 Å². The molecular formula is C24H30N2O4. The van der Waals surface area contributed by atoms with Crippen molar-refractivity contribution in [2.45, 2.75) is 65.3 Å². The molecule has 6 nitrogen and oxygen atoms in total. The number of hydrogen-bond donors (Lipinski definition) is 2. The van der Waals surface area contributed by atoms with Gasteiger partial charge in [-0.05, 0) is 57.3 Å². The lowest BCUT2D eigenvalue weighted by molar-refractivity contribution is 0.422. The van der Waals surface area contributed by atoms with Crippen molar-refractivity contribution in [1.82, 2.24) is 9.78 Å². The maximum atomic E-state index is 12.4. The van der Waals surface area contributed by atoms with Gasteiger partial charge in [0.1, 0.15) is 11.5 Å². The Morgan fingerprint density at radius 2 is 1.43 bits per heavy atom. The highest BCUT2D eigenvalue weighted by Crippen LogP contribution is 2.39. The number of aromatic hydroxyl groups is 2. The summed E-state index contributed by atoms with van der Waals surface area (Å²) in [7, 11) is 0. The highest BCUT2D eigenvalue weighted by Gasteiger charge is 2.26. The molecule has 2 N–H and O–H groups in total. The smallest absolute Gasteiger partial charge is 0.437 e. The number of hydrogen-bond acceptors (Lipinski definition) is 5. The molecule has 1 heterocycles. The fraction of sp³-hybridized carbons (Fsp3) is 0.417. The van der Waals surface area contributed by atoms with Crippen LogP contribution in [-0.4, -0.2) is 20.0 Å². The normalized spacial score (nSPS) is 12.3. The third-order valence-electron chi connectivity index (χ3n) is 5.06. The second-order valence-corrected chi connectivity index (χ2v) is 9.80. The summed E-state index contributed by atoms with van der Waals surface area (Å²) < 4.78 is 6.63. The van der Waals surface area contributed by atoms with E-state index in [4.69, 9.17) is 4.42 Å².